The van der Waals surface area contributed by atoms with Gasteiger partial charge in [0.15, 0.2) is 0 Å². The van der Waals surface area contributed by atoms with E-state index in [1.807, 2.05) is 0 Å². The number of alkyl halides is 11. The van der Waals surface area contributed by atoms with E-state index in [0.29, 0.717) is 0 Å². The van der Waals surface area contributed by atoms with E-state index in [-0.39, 0.29) is 0 Å². The Morgan fingerprint density at radius 1 is 0.700 bits per heavy atom. The lowest BCUT2D eigenvalue weighted by atomic mass is 10.6. The molecule has 0 fully saturated rings. The first-order valence-corrected chi connectivity index (χ1v) is 5.19. The van der Waals surface area contributed by atoms with E-state index in [4.69, 9.17) is 0 Å². The summed E-state index contributed by atoms with van der Waals surface area (Å²) >= 11 is 0. The standard InChI is InChI=1S/C4HF11N2O2S/c5-1(6,7)2(8,9)16-20(18,19)17(3(10,11)12)4(13,14)15/h16H. The zero-order valence-corrected chi connectivity index (χ0v) is 9.15. The van der Waals surface area contributed by atoms with Crippen LogP contribution in [0.25, 0.3) is 0 Å². The minimum Gasteiger partial charge on any atom is -0.194 e. The SMILES string of the molecule is O=S(=O)(NC(F)(F)C(F)(F)F)N(C(F)(F)F)C(F)(F)F. The van der Waals surface area contributed by atoms with Gasteiger partial charge in [-0.2, -0.15) is 56.7 Å². The lowest BCUT2D eigenvalue weighted by Gasteiger charge is -2.28. The third-order valence-electron chi connectivity index (χ3n) is 1.31. The van der Waals surface area contributed by atoms with Crippen molar-refractivity contribution in [3.8, 4) is 0 Å². The number of nitrogens with one attached hydrogen (secondary N) is 1. The first kappa shape index (κ1) is 19.1. The molecule has 0 unspecified atom stereocenters. The van der Waals surface area contributed by atoms with Crippen molar-refractivity contribution in [3.63, 3.8) is 0 Å². The van der Waals surface area contributed by atoms with Gasteiger partial charge in [0.1, 0.15) is 0 Å². The molecule has 4 nitrogen and oxygen atoms in total. The summed E-state index contributed by atoms with van der Waals surface area (Å²) in [5.41, 5.74) is 0. The summed E-state index contributed by atoms with van der Waals surface area (Å²) in [5.74, 6) is 0. The number of hydrogen-bond acceptors (Lipinski definition) is 2. The minimum absolute atomic E-state index is 1.01. The van der Waals surface area contributed by atoms with E-state index < -0.39 is 44.1 Å². The van der Waals surface area contributed by atoms with Crippen LogP contribution in [0.1, 0.15) is 0 Å². The highest BCUT2D eigenvalue weighted by Gasteiger charge is 2.67. The van der Waals surface area contributed by atoms with Gasteiger partial charge in [0.2, 0.25) is 0 Å². The van der Waals surface area contributed by atoms with E-state index in [1.165, 1.54) is 0 Å². The Bertz CT molecular complexity index is 431. The lowest BCUT2D eigenvalue weighted by molar-refractivity contribution is -0.336. The molecule has 0 aromatic rings. The maximum Gasteiger partial charge on any atom is 0.481 e. The monoisotopic (exact) mass is 350 g/mol. The molecular formula is C4HF11N2O2S. The second-order valence-electron chi connectivity index (χ2n) is 2.88. The molecule has 20 heavy (non-hydrogen) atoms. The van der Waals surface area contributed by atoms with Crippen LogP contribution in [0, 0.1) is 0 Å². The summed E-state index contributed by atoms with van der Waals surface area (Å²) in [6, 6.07) is -6.54. The highest BCUT2D eigenvalue weighted by Crippen LogP contribution is 2.39. The predicted octanol–water partition coefficient (Wildman–Crippen LogP) is 2.32. The van der Waals surface area contributed by atoms with Crippen molar-refractivity contribution in [2.24, 2.45) is 0 Å². The molecule has 0 aliphatic carbocycles. The minimum atomic E-state index is -7.32. The van der Waals surface area contributed by atoms with Gasteiger partial charge in [0, 0.05) is 4.31 Å². The maximum atomic E-state index is 12.2. The van der Waals surface area contributed by atoms with Crippen molar-refractivity contribution in [3.05, 3.63) is 0 Å². The van der Waals surface area contributed by atoms with Gasteiger partial charge in [-0.25, -0.2) is 0 Å². The lowest BCUT2D eigenvalue weighted by Crippen LogP contribution is -2.61. The molecule has 0 aromatic heterocycles. The van der Waals surface area contributed by atoms with Crippen LogP contribution in [0.2, 0.25) is 0 Å². The molecule has 0 radical (unpaired) electrons. The summed E-state index contributed by atoms with van der Waals surface area (Å²) in [7, 11) is -7.32. The van der Waals surface area contributed by atoms with Gasteiger partial charge in [0.25, 0.3) is 10.2 Å². The molecular weight excluding hydrogens is 349 g/mol. The van der Waals surface area contributed by atoms with E-state index in [9.17, 15) is 56.7 Å². The van der Waals surface area contributed by atoms with Crippen molar-refractivity contribution >= 4 is 10.2 Å². The molecule has 0 saturated carbocycles. The molecule has 0 bridgehead atoms. The predicted molar refractivity (Wildman–Crippen MR) is 37.0 cm³/mol. The number of nitrogens with zero attached hydrogens (tertiary/aromatic N) is 1. The Kier molecular flexibility index (Phi) is 4.61. The van der Waals surface area contributed by atoms with Crippen LogP contribution < -0.4 is 4.72 Å². The Balaban J connectivity index is 5.74. The Morgan fingerprint density at radius 2 is 1.00 bits per heavy atom. The summed E-state index contributed by atoms with van der Waals surface area (Å²) in [6.07, 6.45) is -20.4. The number of rotatable bonds is 3. The van der Waals surface area contributed by atoms with Crippen LogP contribution in [0.3, 0.4) is 0 Å². The second kappa shape index (κ2) is 4.83. The molecule has 0 rings (SSSR count). The van der Waals surface area contributed by atoms with Crippen LogP contribution in [0.4, 0.5) is 48.3 Å². The smallest absolute Gasteiger partial charge is 0.194 e. The third-order valence-corrected chi connectivity index (χ3v) is 2.72. The van der Waals surface area contributed by atoms with Crippen molar-refractivity contribution in [1.82, 2.24) is 9.03 Å². The largest absolute Gasteiger partial charge is 0.481 e. The topological polar surface area (TPSA) is 49.4 Å². The van der Waals surface area contributed by atoms with E-state index in [0.717, 1.165) is 0 Å². The molecule has 0 saturated heterocycles. The molecule has 0 aliphatic heterocycles. The average Bonchev–Trinajstić information content (AvgIpc) is 1.88. The van der Waals surface area contributed by atoms with Gasteiger partial charge in [-0.15, -0.1) is 4.72 Å². The highest BCUT2D eigenvalue weighted by atomic mass is 32.2. The zero-order chi connectivity index (χ0) is 16.8. The third kappa shape index (κ3) is 4.30. The molecule has 1 N–H and O–H groups in total. The van der Waals surface area contributed by atoms with Crippen LogP contribution in [-0.2, 0) is 10.2 Å². The first-order chi connectivity index (χ1) is 8.32. The summed E-state index contributed by atoms with van der Waals surface area (Å²) in [4.78, 5) is 0. The first-order valence-electron chi connectivity index (χ1n) is 3.75. The fourth-order valence-electron chi connectivity index (χ4n) is 0.682. The molecule has 0 spiro atoms. The number of halogens is 11. The number of hydrogen-bond donors (Lipinski definition) is 1. The maximum absolute atomic E-state index is 12.2. The molecule has 0 heterocycles. The van der Waals surface area contributed by atoms with Crippen LogP contribution in [0.15, 0.2) is 0 Å². The van der Waals surface area contributed by atoms with Gasteiger partial charge in [-0.3, -0.25) is 0 Å². The molecule has 122 valence electrons. The van der Waals surface area contributed by atoms with E-state index in [2.05, 4.69) is 0 Å². The molecule has 0 amide bonds. The second-order valence-corrected chi connectivity index (χ2v) is 4.40. The summed E-state index contributed by atoms with van der Waals surface area (Å²) < 4.78 is 147. The fourth-order valence-corrected chi connectivity index (χ4v) is 1.76. The van der Waals surface area contributed by atoms with Crippen LogP contribution in [-0.4, -0.2) is 37.5 Å². The van der Waals surface area contributed by atoms with Gasteiger partial charge >= 0.3 is 24.8 Å². The van der Waals surface area contributed by atoms with Crippen LogP contribution in [0.5, 0.6) is 0 Å². The van der Waals surface area contributed by atoms with Crippen molar-refractivity contribution < 1.29 is 56.7 Å². The summed E-state index contributed by atoms with van der Waals surface area (Å²) in [5, 5.41) is 0. The van der Waals surface area contributed by atoms with Crippen molar-refractivity contribution in [2.45, 2.75) is 24.8 Å². The van der Waals surface area contributed by atoms with Gasteiger partial charge < -0.3 is 0 Å². The van der Waals surface area contributed by atoms with Crippen LogP contribution >= 0.6 is 0 Å². The highest BCUT2D eigenvalue weighted by molar-refractivity contribution is 7.87. The Hall–Kier alpha value is -0.900. The summed E-state index contributed by atoms with van der Waals surface area (Å²) in [6.45, 7) is 0. The molecule has 0 atom stereocenters. The van der Waals surface area contributed by atoms with Crippen molar-refractivity contribution in [1.29, 1.82) is 0 Å². The fraction of sp³-hybridized carbons (Fsp3) is 1.00. The quantitative estimate of drug-likeness (QED) is 0.627. The Morgan fingerprint density at radius 3 is 1.20 bits per heavy atom. The van der Waals surface area contributed by atoms with E-state index in [1.54, 1.807) is 0 Å². The molecule has 0 aliphatic rings. The Labute approximate surface area is 102 Å². The average molecular weight is 350 g/mol. The zero-order valence-electron chi connectivity index (χ0n) is 8.33. The van der Waals surface area contributed by atoms with Gasteiger partial charge in [-0.1, -0.05) is 0 Å². The van der Waals surface area contributed by atoms with Crippen molar-refractivity contribution in [2.75, 3.05) is 0 Å². The molecule has 16 heteroatoms. The molecule has 0 aromatic carbocycles. The normalized spacial score (nSPS) is 15.8. The van der Waals surface area contributed by atoms with Gasteiger partial charge in [-0.05, 0) is 0 Å². The van der Waals surface area contributed by atoms with Gasteiger partial charge in [0.05, 0.1) is 0 Å². The van der Waals surface area contributed by atoms with E-state index >= 15 is 0 Å².